The minimum absolute atomic E-state index is 0.168. The molecule has 5 heteroatoms. The Kier molecular flexibility index (Phi) is 4.40. The van der Waals surface area contributed by atoms with Crippen molar-refractivity contribution in [3.63, 3.8) is 0 Å². The highest BCUT2D eigenvalue weighted by atomic mass is 16.2. The van der Waals surface area contributed by atoms with Gasteiger partial charge in [0.1, 0.15) is 6.04 Å². The second-order valence-electron chi connectivity index (χ2n) is 4.73. The van der Waals surface area contributed by atoms with Gasteiger partial charge in [-0.05, 0) is 25.5 Å². The van der Waals surface area contributed by atoms with Gasteiger partial charge in [-0.25, -0.2) is 0 Å². The molecule has 0 bridgehead atoms. The van der Waals surface area contributed by atoms with Crippen LogP contribution in [0.3, 0.4) is 0 Å². The van der Waals surface area contributed by atoms with Crippen LogP contribution in [0.5, 0.6) is 0 Å². The molecule has 0 aliphatic carbocycles. The molecule has 106 valence electrons. The Morgan fingerprint density at radius 3 is 2.85 bits per heavy atom. The normalized spacial score (nSPS) is 12.1. The van der Waals surface area contributed by atoms with E-state index in [1.165, 1.54) is 0 Å². The molecule has 1 heterocycles. The molecule has 1 atom stereocenters. The summed E-state index contributed by atoms with van der Waals surface area (Å²) in [6, 6.07) is 6.85. The van der Waals surface area contributed by atoms with Crippen LogP contribution in [0.2, 0.25) is 0 Å². The number of aromatic amines is 1. The predicted molar refractivity (Wildman–Crippen MR) is 78.5 cm³/mol. The van der Waals surface area contributed by atoms with E-state index in [0.29, 0.717) is 12.1 Å². The fourth-order valence-electron chi connectivity index (χ4n) is 2.02. The molecule has 2 rings (SSSR count). The maximum Gasteiger partial charge on any atom is 0.254 e. The number of amides is 2. The Labute approximate surface area is 117 Å². The lowest BCUT2D eigenvalue weighted by Gasteiger charge is -2.14. The standard InChI is InChI=1S/C15H19N3O2/c1-3-8-17-14(19)10(2)18-15(20)12-6-4-5-11-7-9-16-13(11)12/h4-7,9-10,16H,3,8H2,1-2H3,(H,17,19)(H,18,20). The maximum atomic E-state index is 12.2. The highest BCUT2D eigenvalue weighted by Crippen LogP contribution is 2.16. The van der Waals surface area contributed by atoms with Crippen molar-refractivity contribution in [1.29, 1.82) is 0 Å². The summed E-state index contributed by atoms with van der Waals surface area (Å²) in [5.74, 6) is -0.420. The van der Waals surface area contributed by atoms with E-state index in [2.05, 4.69) is 15.6 Å². The van der Waals surface area contributed by atoms with Gasteiger partial charge < -0.3 is 15.6 Å². The third-order valence-corrected chi connectivity index (χ3v) is 3.12. The number of hydrogen-bond acceptors (Lipinski definition) is 2. The van der Waals surface area contributed by atoms with E-state index in [4.69, 9.17) is 0 Å². The molecule has 0 spiro atoms. The van der Waals surface area contributed by atoms with Crippen LogP contribution in [-0.2, 0) is 4.79 Å². The highest BCUT2D eigenvalue weighted by Gasteiger charge is 2.17. The predicted octanol–water partition coefficient (Wildman–Crippen LogP) is 1.81. The van der Waals surface area contributed by atoms with Gasteiger partial charge in [0, 0.05) is 18.1 Å². The number of carbonyl (C=O) groups excluding carboxylic acids is 2. The van der Waals surface area contributed by atoms with Gasteiger partial charge in [-0.3, -0.25) is 9.59 Å². The fraction of sp³-hybridized carbons (Fsp3) is 0.333. The zero-order valence-corrected chi connectivity index (χ0v) is 11.7. The number of hydrogen-bond donors (Lipinski definition) is 3. The van der Waals surface area contributed by atoms with Crippen molar-refractivity contribution in [1.82, 2.24) is 15.6 Å². The molecule has 2 aromatic rings. The summed E-state index contributed by atoms with van der Waals surface area (Å²) in [5, 5.41) is 6.45. The summed E-state index contributed by atoms with van der Waals surface area (Å²) in [7, 11) is 0. The van der Waals surface area contributed by atoms with Gasteiger partial charge in [0.15, 0.2) is 0 Å². The lowest BCUT2D eigenvalue weighted by atomic mass is 10.1. The molecule has 0 saturated heterocycles. The molecule has 0 radical (unpaired) electrons. The molecule has 1 unspecified atom stereocenters. The zero-order valence-electron chi connectivity index (χ0n) is 11.7. The summed E-state index contributed by atoms with van der Waals surface area (Å²) in [6.45, 7) is 4.28. The van der Waals surface area contributed by atoms with Crippen molar-refractivity contribution in [3.8, 4) is 0 Å². The van der Waals surface area contributed by atoms with Crippen LogP contribution in [0, 0.1) is 0 Å². The quantitative estimate of drug-likeness (QED) is 0.777. The van der Waals surface area contributed by atoms with E-state index in [-0.39, 0.29) is 11.8 Å². The number of aromatic nitrogens is 1. The number of rotatable bonds is 5. The van der Waals surface area contributed by atoms with Gasteiger partial charge in [-0.2, -0.15) is 0 Å². The van der Waals surface area contributed by atoms with Crippen LogP contribution in [0.1, 0.15) is 30.6 Å². The highest BCUT2D eigenvalue weighted by molar-refractivity contribution is 6.06. The smallest absolute Gasteiger partial charge is 0.254 e. The second kappa shape index (κ2) is 6.23. The number of carbonyl (C=O) groups is 2. The number of H-pyrrole nitrogens is 1. The van der Waals surface area contributed by atoms with Crippen LogP contribution in [-0.4, -0.2) is 29.4 Å². The van der Waals surface area contributed by atoms with Gasteiger partial charge in [-0.15, -0.1) is 0 Å². The van der Waals surface area contributed by atoms with E-state index in [0.717, 1.165) is 17.3 Å². The van der Waals surface area contributed by atoms with Gasteiger partial charge in [0.2, 0.25) is 5.91 Å². The van der Waals surface area contributed by atoms with E-state index < -0.39 is 6.04 Å². The number of benzene rings is 1. The molecular formula is C15H19N3O2. The first-order valence-corrected chi connectivity index (χ1v) is 6.78. The molecule has 0 fully saturated rings. The van der Waals surface area contributed by atoms with Crippen LogP contribution in [0.25, 0.3) is 10.9 Å². The van der Waals surface area contributed by atoms with Crippen LogP contribution >= 0.6 is 0 Å². The Morgan fingerprint density at radius 2 is 2.10 bits per heavy atom. The lowest BCUT2D eigenvalue weighted by Crippen LogP contribution is -2.45. The molecule has 5 nitrogen and oxygen atoms in total. The molecule has 1 aromatic heterocycles. The summed E-state index contributed by atoms with van der Waals surface area (Å²) in [4.78, 5) is 27.0. The molecule has 2 amide bonds. The first-order chi connectivity index (χ1) is 9.63. The monoisotopic (exact) mass is 273 g/mol. The van der Waals surface area contributed by atoms with E-state index in [1.54, 1.807) is 19.2 Å². The van der Waals surface area contributed by atoms with Crippen LogP contribution < -0.4 is 10.6 Å². The zero-order chi connectivity index (χ0) is 14.5. The first-order valence-electron chi connectivity index (χ1n) is 6.78. The topological polar surface area (TPSA) is 74.0 Å². The maximum absolute atomic E-state index is 12.2. The summed E-state index contributed by atoms with van der Waals surface area (Å²) < 4.78 is 0. The van der Waals surface area contributed by atoms with Gasteiger partial charge in [0.05, 0.1) is 11.1 Å². The average Bonchev–Trinajstić information content (AvgIpc) is 2.92. The number of fused-ring (bicyclic) bond motifs is 1. The minimum atomic E-state index is -0.556. The molecular weight excluding hydrogens is 254 g/mol. The van der Waals surface area contributed by atoms with E-state index in [9.17, 15) is 9.59 Å². The van der Waals surface area contributed by atoms with Crippen molar-refractivity contribution in [2.45, 2.75) is 26.3 Å². The Hall–Kier alpha value is -2.30. The Bertz CT molecular complexity index is 618. The van der Waals surface area contributed by atoms with Crippen LogP contribution in [0.15, 0.2) is 30.5 Å². The van der Waals surface area contributed by atoms with E-state index in [1.807, 2.05) is 25.1 Å². The van der Waals surface area contributed by atoms with Crippen molar-refractivity contribution in [2.75, 3.05) is 6.54 Å². The third-order valence-electron chi connectivity index (χ3n) is 3.12. The van der Waals surface area contributed by atoms with Gasteiger partial charge in [-0.1, -0.05) is 19.1 Å². The molecule has 3 N–H and O–H groups in total. The molecule has 20 heavy (non-hydrogen) atoms. The Morgan fingerprint density at radius 1 is 1.30 bits per heavy atom. The van der Waals surface area contributed by atoms with Gasteiger partial charge in [0.25, 0.3) is 5.91 Å². The summed E-state index contributed by atoms with van der Waals surface area (Å²) in [6.07, 6.45) is 2.66. The summed E-state index contributed by atoms with van der Waals surface area (Å²) >= 11 is 0. The third kappa shape index (κ3) is 2.99. The van der Waals surface area contributed by atoms with Crippen molar-refractivity contribution < 1.29 is 9.59 Å². The largest absolute Gasteiger partial charge is 0.361 e. The SMILES string of the molecule is CCCNC(=O)C(C)NC(=O)c1cccc2cc[nH]c12. The summed E-state index contributed by atoms with van der Waals surface area (Å²) in [5.41, 5.74) is 1.33. The van der Waals surface area contributed by atoms with Crippen molar-refractivity contribution in [2.24, 2.45) is 0 Å². The molecule has 1 aromatic carbocycles. The van der Waals surface area contributed by atoms with Crippen molar-refractivity contribution in [3.05, 3.63) is 36.0 Å². The van der Waals surface area contributed by atoms with Gasteiger partial charge >= 0.3 is 0 Å². The second-order valence-corrected chi connectivity index (χ2v) is 4.73. The number of para-hydroxylation sites is 1. The Balaban J connectivity index is 2.08. The van der Waals surface area contributed by atoms with Crippen molar-refractivity contribution >= 4 is 22.7 Å². The first kappa shape index (κ1) is 14.1. The lowest BCUT2D eigenvalue weighted by molar-refractivity contribution is -0.122. The fourth-order valence-corrected chi connectivity index (χ4v) is 2.02. The minimum Gasteiger partial charge on any atom is -0.361 e. The van der Waals surface area contributed by atoms with Crippen LogP contribution in [0.4, 0.5) is 0 Å². The molecule has 0 saturated carbocycles. The molecule has 0 aliphatic heterocycles. The van der Waals surface area contributed by atoms with E-state index >= 15 is 0 Å². The average molecular weight is 273 g/mol. The number of nitrogens with one attached hydrogen (secondary N) is 3. The molecule has 0 aliphatic rings.